The Morgan fingerprint density at radius 1 is 1.00 bits per heavy atom. The molecule has 4 aromatic rings. The monoisotopic (exact) mass is 399 g/mol. The Morgan fingerprint density at radius 3 is 2.63 bits per heavy atom. The number of rotatable bonds is 4. The van der Waals surface area contributed by atoms with Gasteiger partial charge < -0.3 is 14.6 Å². The van der Waals surface area contributed by atoms with Crippen molar-refractivity contribution in [3.05, 3.63) is 66.7 Å². The van der Waals surface area contributed by atoms with Gasteiger partial charge in [0.25, 0.3) is 5.91 Å². The van der Waals surface area contributed by atoms with Crippen molar-refractivity contribution in [3.8, 4) is 5.75 Å². The highest BCUT2D eigenvalue weighted by atomic mass is 16.5. The fourth-order valence-corrected chi connectivity index (χ4v) is 4.14. The van der Waals surface area contributed by atoms with E-state index in [9.17, 15) is 9.59 Å². The Bertz CT molecular complexity index is 1290. The predicted molar refractivity (Wildman–Crippen MR) is 118 cm³/mol. The Morgan fingerprint density at radius 2 is 1.77 bits per heavy atom. The van der Waals surface area contributed by atoms with Crippen LogP contribution in [0.5, 0.6) is 5.75 Å². The second-order valence-corrected chi connectivity index (χ2v) is 7.28. The minimum atomic E-state index is -0.251. The number of para-hydroxylation sites is 3. The van der Waals surface area contributed by atoms with E-state index in [1.54, 1.807) is 12.1 Å². The summed E-state index contributed by atoms with van der Waals surface area (Å²) in [5.41, 5.74) is 3.63. The molecule has 1 aromatic heterocycles. The van der Waals surface area contributed by atoms with E-state index in [4.69, 9.17) is 4.74 Å². The highest BCUT2D eigenvalue weighted by Gasteiger charge is 2.27. The zero-order valence-electron chi connectivity index (χ0n) is 16.6. The van der Waals surface area contributed by atoms with Crippen LogP contribution in [-0.2, 0) is 16.1 Å². The molecule has 0 radical (unpaired) electrons. The van der Waals surface area contributed by atoms with Gasteiger partial charge in [0, 0.05) is 34.0 Å². The molecule has 3 aromatic carbocycles. The van der Waals surface area contributed by atoms with Crippen LogP contribution >= 0.6 is 0 Å². The average Bonchev–Trinajstić information content (AvgIpc) is 3.09. The second kappa shape index (κ2) is 7.22. The number of hydrogen-bond donors (Lipinski definition) is 1. The van der Waals surface area contributed by atoms with Crippen LogP contribution < -0.4 is 15.0 Å². The lowest BCUT2D eigenvalue weighted by Crippen LogP contribution is -2.43. The van der Waals surface area contributed by atoms with Crippen LogP contribution in [0.2, 0.25) is 0 Å². The molecular formula is C24H21N3O3. The smallest absolute Gasteiger partial charge is 0.265 e. The summed E-state index contributed by atoms with van der Waals surface area (Å²) in [6, 6.07) is 21.4. The van der Waals surface area contributed by atoms with Gasteiger partial charge in [-0.1, -0.05) is 30.3 Å². The largest absolute Gasteiger partial charge is 0.482 e. The lowest BCUT2D eigenvalue weighted by molar-refractivity contribution is -0.123. The van der Waals surface area contributed by atoms with Crippen LogP contribution in [0.25, 0.3) is 21.8 Å². The van der Waals surface area contributed by atoms with Crippen molar-refractivity contribution in [1.82, 2.24) is 4.57 Å². The summed E-state index contributed by atoms with van der Waals surface area (Å²) in [7, 11) is 0. The van der Waals surface area contributed by atoms with E-state index >= 15 is 0 Å². The highest BCUT2D eigenvalue weighted by Crippen LogP contribution is 2.32. The van der Waals surface area contributed by atoms with Gasteiger partial charge in [0.2, 0.25) is 5.91 Å². The van der Waals surface area contributed by atoms with Crippen LogP contribution in [0.1, 0.15) is 6.92 Å². The van der Waals surface area contributed by atoms with E-state index < -0.39 is 0 Å². The molecular weight excluding hydrogens is 378 g/mol. The number of ether oxygens (including phenoxy) is 1. The van der Waals surface area contributed by atoms with Crippen LogP contribution in [-0.4, -0.2) is 29.5 Å². The van der Waals surface area contributed by atoms with Gasteiger partial charge in [0.05, 0.1) is 5.69 Å². The fourth-order valence-electron chi connectivity index (χ4n) is 4.14. The summed E-state index contributed by atoms with van der Waals surface area (Å²) in [5, 5.41) is 5.19. The minimum absolute atomic E-state index is 0.0615. The number of hydrogen-bond acceptors (Lipinski definition) is 3. The van der Waals surface area contributed by atoms with Crippen molar-refractivity contribution < 1.29 is 14.3 Å². The first-order chi connectivity index (χ1) is 14.7. The lowest BCUT2D eigenvalue weighted by atomic mass is 10.1. The minimum Gasteiger partial charge on any atom is -0.482 e. The van der Waals surface area contributed by atoms with Crippen molar-refractivity contribution in [3.63, 3.8) is 0 Å². The summed E-state index contributed by atoms with van der Waals surface area (Å²) in [6.07, 6.45) is 0. The number of fused-ring (bicyclic) bond motifs is 4. The highest BCUT2D eigenvalue weighted by molar-refractivity contribution is 6.10. The number of anilines is 2. The standard InChI is InChI=1S/C24H21N3O3/c1-2-26-19-8-4-3-7-17(19)18-13-16(11-12-20(18)26)25-23(28)14-27-21-9-5-6-10-22(21)30-15-24(27)29/h3-13H,2,14-15H2,1H3,(H,25,28). The van der Waals surface area contributed by atoms with E-state index in [2.05, 4.69) is 28.9 Å². The molecule has 1 aliphatic heterocycles. The maximum absolute atomic E-state index is 12.7. The molecule has 0 saturated heterocycles. The molecule has 0 spiro atoms. The van der Waals surface area contributed by atoms with E-state index in [0.717, 1.165) is 22.8 Å². The molecule has 2 amide bonds. The summed E-state index contributed by atoms with van der Waals surface area (Å²) in [5.74, 6) is 0.127. The molecule has 0 unspecified atom stereocenters. The van der Waals surface area contributed by atoms with Gasteiger partial charge in [-0.3, -0.25) is 14.5 Å². The molecule has 30 heavy (non-hydrogen) atoms. The number of nitrogens with one attached hydrogen (secondary N) is 1. The van der Waals surface area contributed by atoms with Crippen molar-refractivity contribution in [2.45, 2.75) is 13.5 Å². The summed E-state index contributed by atoms with van der Waals surface area (Å²) in [6.45, 7) is 2.87. The third-order valence-electron chi connectivity index (χ3n) is 5.48. The van der Waals surface area contributed by atoms with Gasteiger partial charge in [-0.25, -0.2) is 0 Å². The first-order valence-electron chi connectivity index (χ1n) is 9.98. The Kier molecular flexibility index (Phi) is 4.39. The zero-order valence-corrected chi connectivity index (χ0v) is 16.6. The summed E-state index contributed by atoms with van der Waals surface area (Å²) in [4.78, 5) is 26.5. The number of carbonyl (C=O) groups excluding carboxylic acids is 2. The molecule has 0 atom stereocenters. The molecule has 1 aliphatic rings. The Balaban J connectivity index is 1.43. The van der Waals surface area contributed by atoms with Gasteiger partial charge in [-0.05, 0) is 43.3 Å². The molecule has 0 saturated carbocycles. The number of amides is 2. The third kappa shape index (κ3) is 2.97. The molecule has 1 N–H and O–H groups in total. The summed E-state index contributed by atoms with van der Waals surface area (Å²) < 4.78 is 7.71. The van der Waals surface area contributed by atoms with Gasteiger partial charge in [0.1, 0.15) is 12.3 Å². The van der Waals surface area contributed by atoms with Gasteiger partial charge >= 0.3 is 0 Å². The van der Waals surface area contributed by atoms with Gasteiger partial charge in [-0.2, -0.15) is 0 Å². The normalized spacial score (nSPS) is 13.4. The van der Waals surface area contributed by atoms with E-state index in [-0.39, 0.29) is 25.0 Å². The molecule has 2 heterocycles. The first kappa shape index (κ1) is 18.2. The maximum Gasteiger partial charge on any atom is 0.265 e. The second-order valence-electron chi connectivity index (χ2n) is 7.28. The van der Waals surface area contributed by atoms with Crippen molar-refractivity contribution in [2.24, 2.45) is 0 Å². The Labute approximate surface area is 173 Å². The molecule has 0 bridgehead atoms. The average molecular weight is 399 g/mol. The Hall–Kier alpha value is -3.80. The lowest BCUT2D eigenvalue weighted by Gasteiger charge is -2.28. The van der Waals surface area contributed by atoms with Crippen molar-refractivity contribution in [1.29, 1.82) is 0 Å². The van der Waals surface area contributed by atoms with Gasteiger partial charge in [0.15, 0.2) is 6.61 Å². The van der Waals surface area contributed by atoms with E-state index in [0.29, 0.717) is 17.1 Å². The molecule has 0 aliphatic carbocycles. The maximum atomic E-state index is 12.7. The molecule has 6 heteroatoms. The number of carbonyl (C=O) groups is 2. The van der Waals surface area contributed by atoms with Crippen LogP contribution in [0.3, 0.4) is 0 Å². The van der Waals surface area contributed by atoms with E-state index in [1.807, 2.05) is 42.5 Å². The van der Waals surface area contributed by atoms with Crippen molar-refractivity contribution >= 4 is 45.0 Å². The predicted octanol–water partition coefficient (Wildman–Crippen LogP) is 4.18. The summed E-state index contributed by atoms with van der Waals surface area (Å²) >= 11 is 0. The number of benzene rings is 3. The molecule has 150 valence electrons. The SMILES string of the molecule is CCn1c2ccccc2c2cc(NC(=O)CN3C(=O)COc4ccccc43)ccc21. The van der Waals surface area contributed by atoms with Crippen LogP contribution in [0.15, 0.2) is 66.7 Å². The van der Waals surface area contributed by atoms with Crippen LogP contribution in [0.4, 0.5) is 11.4 Å². The van der Waals surface area contributed by atoms with E-state index in [1.165, 1.54) is 10.4 Å². The zero-order chi connectivity index (χ0) is 20.7. The molecule has 0 fully saturated rings. The first-order valence-corrected chi connectivity index (χ1v) is 9.98. The number of nitrogens with zero attached hydrogens (tertiary/aromatic N) is 2. The van der Waals surface area contributed by atoms with Crippen LogP contribution in [0, 0.1) is 0 Å². The number of aryl methyl sites for hydroxylation is 1. The molecule has 6 nitrogen and oxygen atoms in total. The fraction of sp³-hybridized carbons (Fsp3) is 0.167. The molecule has 5 rings (SSSR count). The topological polar surface area (TPSA) is 63.6 Å². The van der Waals surface area contributed by atoms with Crippen molar-refractivity contribution in [2.75, 3.05) is 23.4 Å². The third-order valence-corrected chi connectivity index (χ3v) is 5.48. The number of aromatic nitrogens is 1. The van der Waals surface area contributed by atoms with Gasteiger partial charge in [-0.15, -0.1) is 0 Å². The quantitative estimate of drug-likeness (QED) is 0.560.